The van der Waals surface area contributed by atoms with Gasteiger partial charge in [-0.2, -0.15) is 9.78 Å². The van der Waals surface area contributed by atoms with Crippen LogP contribution in [0.2, 0.25) is 0 Å². The predicted octanol–water partition coefficient (Wildman–Crippen LogP) is 2.04. The Kier molecular flexibility index (Phi) is 4.73. The van der Waals surface area contributed by atoms with Crippen LogP contribution in [0.1, 0.15) is 19.5 Å². The van der Waals surface area contributed by atoms with Crippen LogP contribution in [0.3, 0.4) is 0 Å². The third-order valence-electron chi connectivity index (χ3n) is 2.43. The molecule has 20 heavy (non-hydrogen) atoms. The summed E-state index contributed by atoms with van der Waals surface area (Å²) in [4.78, 5) is 19.0. The maximum atomic E-state index is 10.7. The molecule has 0 saturated carbocycles. The number of thioether (sulfide) groups is 1. The van der Waals surface area contributed by atoms with Crippen molar-refractivity contribution in [3.63, 3.8) is 0 Å². The van der Waals surface area contributed by atoms with Crippen LogP contribution in [0.25, 0.3) is 5.95 Å². The number of carboxylic acids is 1. The van der Waals surface area contributed by atoms with Crippen LogP contribution in [0.4, 0.5) is 0 Å². The van der Waals surface area contributed by atoms with Crippen molar-refractivity contribution in [3.8, 4) is 5.95 Å². The zero-order valence-corrected chi connectivity index (χ0v) is 12.2. The highest BCUT2D eigenvalue weighted by Crippen LogP contribution is 2.22. The smallest absolute Gasteiger partial charge is 0.313 e. The molecule has 0 fully saturated rings. The molecule has 0 atom stereocenters. The first-order valence-corrected chi connectivity index (χ1v) is 7.25. The highest BCUT2D eigenvalue weighted by Gasteiger charge is 2.14. The van der Waals surface area contributed by atoms with Gasteiger partial charge in [0.1, 0.15) is 5.03 Å². The van der Waals surface area contributed by atoms with Crippen LogP contribution < -0.4 is 0 Å². The van der Waals surface area contributed by atoms with E-state index in [4.69, 9.17) is 5.11 Å². The Morgan fingerprint density at radius 3 is 2.70 bits per heavy atom. The molecule has 0 aliphatic rings. The summed E-state index contributed by atoms with van der Waals surface area (Å²) in [5, 5.41) is 14.0. The van der Waals surface area contributed by atoms with Gasteiger partial charge in [-0.3, -0.25) is 4.79 Å². The van der Waals surface area contributed by atoms with Crippen molar-refractivity contribution in [3.05, 3.63) is 30.2 Å². The van der Waals surface area contributed by atoms with Crippen LogP contribution in [0, 0.1) is 5.92 Å². The molecule has 0 spiro atoms. The molecule has 0 bridgehead atoms. The second-order valence-corrected chi connectivity index (χ2v) is 5.71. The summed E-state index contributed by atoms with van der Waals surface area (Å²) in [6.07, 6.45) is 4.11. The molecular weight excluding hydrogens is 276 g/mol. The van der Waals surface area contributed by atoms with Crippen LogP contribution in [0.5, 0.6) is 0 Å². The molecule has 7 heteroatoms. The van der Waals surface area contributed by atoms with E-state index in [0.29, 0.717) is 11.9 Å². The van der Waals surface area contributed by atoms with Crippen molar-refractivity contribution in [1.82, 2.24) is 19.7 Å². The maximum Gasteiger partial charge on any atom is 0.313 e. The lowest BCUT2D eigenvalue weighted by molar-refractivity contribution is -0.133. The highest BCUT2D eigenvalue weighted by atomic mass is 32.2. The van der Waals surface area contributed by atoms with Gasteiger partial charge in [0, 0.05) is 12.4 Å². The molecule has 0 saturated heterocycles. The van der Waals surface area contributed by atoms with Crippen molar-refractivity contribution in [2.24, 2.45) is 5.92 Å². The Hall–Kier alpha value is -1.89. The minimum Gasteiger partial charge on any atom is -0.481 e. The van der Waals surface area contributed by atoms with E-state index < -0.39 is 5.97 Å². The molecule has 106 valence electrons. The number of hydrogen-bond acceptors (Lipinski definition) is 5. The standard InChI is InChI=1S/C13H16N4O2S/c1-9(2)6-10-7-11(20-8-12(18)19)17(16-10)13-14-4-3-5-15-13/h3-5,7,9H,6,8H2,1-2H3,(H,18,19). The van der Waals surface area contributed by atoms with E-state index in [0.717, 1.165) is 17.1 Å². The second kappa shape index (κ2) is 6.51. The van der Waals surface area contributed by atoms with Gasteiger partial charge in [0.25, 0.3) is 5.95 Å². The molecule has 0 aromatic carbocycles. The summed E-state index contributed by atoms with van der Waals surface area (Å²) in [5.74, 6) is 0.0597. The van der Waals surface area contributed by atoms with Crippen molar-refractivity contribution >= 4 is 17.7 Å². The van der Waals surface area contributed by atoms with Crippen molar-refractivity contribution in [2.75, 3.05) is 5.75 Å². The highest BCUT2D eigenvalue weighted by molar-refractivity contribution is 7.99. The van der Waals surface area contributed by atoms with Gasteiger partial charge in [0.2, 0.25) is 0 Å². The number of aromatic nitrogens is 4. The van der Waals surface area contributed by atoms with Crippen molar-refractivity contribution in [1.29, 1.82) is 0 Å². The lowest BCUT2D eigenvalue weighted by atomic mass is 10.1. The monoisotopic (exact) mass is 292 g/mol. The molecule has 1 N–H and O–H groups in total. The first kappa shape index (κ1) is 14.5. The fraction of sp³-hybridized carbons (Fsp3) is 0.385. The molecule has 6 nitrogen and oxygen atoms in total. The molecule has 0 radical (unpaired) electrons. The molecular formula is C13H16N4O2S. The van der Waals surface area contributed by atoms with E-state index in [9.17, 15) is 4.79 Å². The molecule has 0 aliphatic heterocycles. The molecule has 0 amide bonds. The zero-order chi connectivity index (χ0) is 14.5. The van der Waals surface area contributed by atoms with E-state index >= 15 is 0 Å². The normalized spacial score (nSPS) is 10.9. The summed E-state index contributed by atoms with van der Waals surface area (Å²) in [7, 11) is 0. The average molecular weight is 292 g/mol. The second-order valence-electron chi connectivity index (χ2n) is 4.71. The Morgan fingerprint density at radius 1 is 1.40 bits per heavy atom. The minimum atomic E-state index is -0.859. The number of hydrogen-bond donors (Lipinski definition) is 1. The zero-order valence-electron chi connectivity index (χ0n) is 11.4. The molecule has 0 unspecified atom stereocenters. The third-order valence-corrected chi connectivity index (χ3v) is 3.41. The maximum absolute atomic E-state index is 10.7. The van der Waals surface area contributed by atoms with Crippen molar-refractivity contribution in [2.45, 2.75) is 25.3 Å². The first-order valence-electron chi connectivity index (χ1n) is 6.27. The van der Waals surface area contributed by atoms with Gasteiger partial charge >= 0.3 is 5.97 Å². The van der Waals surface area contributed by atoms with Gasteiger partial charge in [0.15, 0.2) is 0 Å². The van der Waals surface area contributed by atoms with E-state index in [2.05, 4.69) is 28.9 Å². The summed E-state index contributed by atoms with van der Waals surface area (Å²) in [6.45, 7) is 4.23. The van der Waals surface area contributed by atoms with Crippen LogP contribution in [0.15, 0.2) is 29.6 Å². The fourth-order valence-corrected chi connectivity index (χ4v) is 2.45. The van der Waals surface area contributed by atoms with Gasteiger partial charge in [-0.15, -0.1) is 0 Å². The molecule has 2 rings (SSSR count). The Labute approximate surface area is 121 Å². The number of nitrogens with zero attached hydrogens (tertiary/aromatic N) is 4. The van der Waals surface area contributed by atoms with Gasteiger partial charge in [-0.1, -0.05) is 25.6 Å². The van der Waals surface area contributed by atoms with E-state index in [-0.39, 0.29) is 5.75 Å². The summed E-state index contributed by atoms with van der Waals surface area (Å²) < 4.78 is 1.60. The van der Waals surface area contributed by atoms with Gasteiger partial charge < -0.3 is 5.11 Å². The molecule has 2 aromatic rings. The van der Waals surface area contributed by atoms with E-state index in [1.54, 1.807) is 23.1 Å². The van der Waals surface area contributed by atoms with Gasteiger partial charge in [0.05, 0.1) is 11.4 Å². The lowest BCUT2D eigenvalue weighted by Gasteiger charge is -2.03. The summed E-state index contributed by atoms with van der Waals surface area (Å²) in [6, 6.07) is 3.63. The Morgan fingerprint density at radius 2 is 2.10 bits per heavy atom. The Balaban J connectivity index is 2.31. The summed E-state index contributed by atoms with van der Waals surface area (Å²) in [5.41, 5.74) is 0.917. The summed E-state index contributed by atoms with van der Waals surface area (Å²) >= 11 is 1.22. The molecule has 2 aromatic heterocycles. The van der Waals surface area contributed by atoms with E-state index in [1.165, 1.54) is 11.8 Å². The van der Waals surface area contributed by atoms with Gasteiger partial charge in [-0.25, -0.2) is 9.97 Å². The number of rotatable bonds is 6. The van der Waals surface area contributed by atoms with Crippen LogP contribution in [-0.4, -0.2) is 36.6 Å². The first-order chi connectivity index (χ1) is 9.56. The number of aliphatic carboxylic acids is 1. The fourth-order valence-electron chi connectivity index (χ4n) is 1.71. The molecule has 0 aliphatic carbocycles. The predicted molar refractivity (Wildman–Crippen MR) is 76.1 cm³/mol. The van der Waals surface area contributed by atoms with Crippen LogP contribution >= 0.6 is 11.8 Å². The topological polar surface area (TPSA) is 80.9 Å². The largest absolute Gasteiger partial charge is 0.481 e. The number of carbonyl (C=O) groups is 1. The van der Waals surface area contributed by atoms with Crippen molar-refractivity contribution < 1.29 is 9.90 Å². The lowest BCUT2D eigenvalue weighted by Crippen LogP contribution is -2.06. The average Bonchev–Trinajstić information content (AvgIpc) is 2.79. The minimum absolute atomic E-state index is 0.0142. The quantitative estimate of drug-likeness (QED) is 0.821. The van der Waals surface area contributed by atoms with Crippen LogP contribution in [-0.2, 0) is 11.2 Å². The molecule has 2 heterocycles. The third kappa shape index (κ3) is 3.80. The Bertz CT molecular complexity index is 583. The SMILES string of the molecule is CC(C)Cc1cc(SCC(=O)O)n(-c2ncccn2)n1. The van der Waals surface area contributed by atoms with E-state index in [1.807, 2.05) is 6.07 Å². The van der Waals surface area contributed by atoms with Gasteiger partial charge in [-0.05, 0) is 24.5 Å². The number of carboxylic acid groups (broad SMARTS) is 1.